The number of hydrogen-bond donors (Lipinski definition) is 1. The Labute approximate surface area is 84.1 Å². The zero-order valence-electron chi connectivity index (χ0n) is 7.03. The standard InChI is InChI=1S/C9H6ClNO3/c10-4-7(13)9-11-6-3-5(12)1-2-8(6)14-9/h1-3,12H,4H2. The lowest BCUT2D eigenvalue weighted by Crippen LogP contribution is -1.99. The average Bonchev–Trinajstić information content (AvgIpc) is 2.59. The number of aromatic hydroxyl groups is 1. The van der Waals surface area contributed by atoms with Gasteiger partial charge in [-0.05, 0) is 12.1 Å². The van der Waals surface area contributed by atoms with Crippen molar-refractivity contribution in [1.29, 1.82) is 0 Å². The number of benzene rings is 1. The number of fused-ring (bicyclic) bond motifs is 1. The maximum atomic E-state index is 11.1. The van der Waals surface area contributed by atoms with E-state index in [1.807, 2.05) is 0 Å². The fourth-order valence-electron chi connectivity index (χ4n) is 1.09. The molecule has 72 valence electrons. The van der Waals surface area contributed by atoms with E-state index >= 15 is 0 Å². The van der Waals surface area contributed by atoms with Crippen LogP contribution in [0.5, 0.6) is 5.75 Å². The summed E-state index contributed by atoms with van der Waals surface area (Å²) in [6.07, 6.45) is 0. The Morgan fingerprint density at radius 3 is 3.07 bits per heavy atom. The predicted molar refractivity (Wildman–Crippen MR) is 50.7 cm³/mol. The Hall–Kier alpha value is -1.55. The largest absolute Gasteiger partial charge is 0.508 e. The Bertz CT molecular complexity index is 492. The van der Waals surface area contributed by atoms with Gasteiger partial charge in [-0.25, -0.2) is 4.98 Å². The lowest BCUT2D eigenvalue weighted by Gasteiger charge is -1.87. The third-order valence-corrected chi connectivity index (χ3v) is 1.97. The number of aromatic nitrogens is 1. The number of hydrogen-bond acceptors (Lipinski definition) is 4. The van der Waals surface area contributed by atoms with E-state index in [9.17, 15) is 4.79 Å². The third kappa shape index (κ3) is 1.44. The monoisotopic (exact) mass is 211 g/mol. The second-order valence-corrected chi connectivity index (χ2v) is 3.00. The molecule has 0 unspecified atom stereocenters. The first kappa shape index (κ1) is 9.02. The van der Waals surface area contributed by atoms with Gasteiger partial charge in [0.2, 0.25) is 5.78 Å². The molecule has 0 spiro atoms. The number of halogens is 1. The van der Waals surface area contributed by atoms with Gasteiger partial charge in [0, 0.05) is 6.07 Å². The summed E-state index contributed by atoms with van der Waals surface area (Å²) in [4.78, 5) is 15.0. The van der Waals surface area contributed by atoms with Gasteiger partial charge in [0.15, 0.2) is 5.58 Å². The number of Topliss-reactive ketones (excluding diaryl/α,β-unsaturated/α-hetero) is 1. The fraction of sp³-hybridized carbons (Fsp3) is 0.111. The molecular weight excluding hydrogens is 206 g/mol. The number of phenols is 1. The fourth-order valence-corrected chi connectivity index (χ4v) is 1.21. The van der Waals surface area contributed by atoms with E-state index in [2.05, 4.69) is 4.98 Å². The molecule has 1 aromatic heterocycles. The van der Waals surface area contributed by atoms with Gasteiger partial charge in [-0.2, -0.15) is 0 Å². The second kappa shape index (κ2) is 3.31. The Balaban J connectivity index is 2.56. The molecular formula is C9H6ClNO3. The van der Waals surface area contributed by atoms with Crippen LogP contribution in [0.2, 0.25) is 0 Å². The SMILES string of the molecule is O=C(CCl)c1nc2cc(O)ccc2o1. The molecule has 4 nitrogen and oxygen atoms in total. The summed E-state index contributed by atoms with van der Waals surface area (Å²) in [5, 5.41) is 9.14. The van der Waals surface area contributed by atoms with Crippen molar-refractivity contribution in [3.05, 3.63) is 24.1 Å². The molecule has 0 atom stereocenters. The van der Waals surface area contributed by atoms with Gasteiger partial charge >= 0.3 is 0 Å². The highest BCUT2D eigenvalue weighted by atomic mass is 35.5. The first-order valence-corrected chi connectivity index (χ1v) is 4.43. The van der Waals surface area contributed by atoms with Crippen LogP contribution in [0.25, 0.3) is 11.1 Å². The van der Waals surface area contributed by atoms with E-state index in [4.69, 9.17) is 21.1 Å². The molecule has 1 aromatic carbocycles. The van der Waals surface area contributed by atoms with Crippen LogP contribution >= 0.6 is 11.6 Å². The number of ketones is 1. The molecule has 1 heterocycles. The number of alkyl halides is 1. The van der Waals surface area contributed by atoms with Crippen LogP contribution in [0, 0.1) is 0 Å². The number of carbonyl (C=O) groups excluding carboxylic acids is 1. The summed E-state index contributed by atoms with van der Waals surface area (Å²) >= 11 is 5.35. The molecule has 2 rings (SSSR count). The van der Waals surface area contributed by atoms with Crippen LogP contribution in [0.3, 0.4) is 0 Å². The normalized spacial score (nSPS) is 10.6. The molecule has 1 N–H and O–H groups in total. The van der Waals surface area contributed by atoms with Crippen LogP contribution in [0.15, 0.2) is 22.6 Å². The minimum Gasteiger partial charge on any atom is -0.508 e. The number of nitrogens with zero attached hydrogens (tertiary/aromatic N) is 1. The van der Waals surface area contributed by atoms with Gasteiger partial charge in [0.05, 0.1) is 5.88 Å². The highest BCUT2D eigenvalue weighted by Crippen LogP contribution is 2.20. The molecule has 0 saturated heterocycles. The minimum atomic E-state index is -0.373. The van der Waals surface area contributed by atoms with Gasteiger partial charge in [-0.15, -0.1) is 11.6 Å². The highest BCUT2D eigenvalue weighted by Gasteiger charge is 2.12. The van der Waals surface area contributed by atoms with E-state index in [-0.39, 0.29) is 23.3 Å². The molecule has 14 heavy (non-hydrogen) atoms. The minimum absolute atomic E-state index is 0.0272. The van der Waals surface area contributed by atoms with Crippen LogP contribution in [-0.4, -0.2) is 21.8 Å². The quantitative estimate of drug-likeness (QED) is 0.609. The number of phenolic OH excluding ortho intramolecular Hbond substituents is 1. The van der Waals surface area contributed by atoms with E-state index in [1.54, 1.807) is 6.07 Å². The van der Waals surface area contributed by atoms with Crippen LogP contribution in [0.1, 0.15) is 10.7 Å². The van der Waals surface area contributed by atoms with Crippen LogP contribution in [0.4, 0.5) is 0 Å². The zero-order valence-corrected chi connectivity index (χ0v) is 7.78. The second-order valence-electron chi connectivity index (χ2n) is 2.73. The number of rotatable bonds is 2. The van der Waals surface area contributed by atoms with Crippen molar-refractivity contribution in [3.8, 4) is 5.75 Å². The van der Waals surface area contributed by atoms with Gasteiger partial charge in [0.1, 0.15) is 11.3 Å². The van der Waals surface area contributed by atoms with Gasteiger partial charge in [-0.3, -0.25) is 4.79 Å². The number of oxazole rings is 1. The lowest BCUT2D eigenvalue weighted by molar-refractivity contribution is 0.0986. The first-order valence-electron chi connectivity index (χ1n) is 3.89. The van der Waals surface area contributed by atoms with Gasteiger partial charge < -0.3 is 9.52 Å². The first-order chi connectivity index (χ1) is 6.70. The molecule has 0 fully saturated rings. The molecule has 0 bridgehead atoms. The van der Waals surface area contributed by atoms with E-state index < -0.39 is 0 Å². The Morgan fingerprint density at radius 1 is 1.57 bits per heavy atom. The molecule has 2 aromatic rings. The third-order valence-electron chi connectivity index (χ3n) is 1.73. The molecule has 0 radical (unpaired) electrons. The Morgan fingerprint density at radius 2 is 2.36 bits per heavy atom. The molecule has 0 amide bonds. The van der Waals surface area contributed by atoms with Gasteiger partial charge in [0.25, 0.3) is 5.89 Å². The summed E-state index contributed by atoms with van der Waals surface area (Å²) in [7, 11) is 0. The molecule has 5 heteroatoms. The van der Waals surface area contributed by atoms with Crippen molar-refractivity contribution in [3.63, 3.8) is 0 Å². The van der Waals surface area contributed by atoms with Crippen LogP contribution in [-0.2, 0) is 0 Å². The van der Waals surface area contributed by atoms with Crippen molar-refractivity contribution in [2.24, 2.45) is 0 Å². The van der Waals surface area contributed by atoms with Crippen molar-refractivity contribution in [2.45, 2.75) is 0 Å². The van der Waals surface area contributed by atoms with Crippen molar-refractivity contribution in [2.75, 3.05) is 5.88 Å². The van der Waals surface area contributed by atoms with Crippen molar-refractivity contribution >= 4 is 28.5 Å². The van der Waals surface area contributed by atoms with Gasteiger partial charge in [-0.1, -0.05) is 0 Å². The summed E-state index contributed by atoms with van der Waals surface area (Å²) in [6, 6.07) is 4.43. The summed E-state index contributed by atoms with van der Waals surface area (Å²) in [5.41, 5.74) is 0.898. The summed E-state index contributed by atoms with van der Waals surface area (Å²) in [6.45, 7) is 0. The van der Waals surface area contributed by atoms with E-state index in [0.29, 0.717) is 11.1 Å². The zero-order chi connectivity index (χ0) is 10.1. The molecule has 0 aliphatic rings. The van der Waals surface area contributed by atoms with Crippen molar-refractivity contribution in [1.82, 2.24) is 4.98 Å². The average molecular weight is 212 g/mol. The maximum absolute atomic E-state index is 11.1. The summed E-state index contributed by atoms with van der Waals surface area (Å²) in [5.74, 6) is -0.489. The Kier molecular flexibility index (Phi) is 2.13. The maximum Gasteiger partial charge on any atom is 0.265 e. The number of carbonyl (C=O) groups is 1. The topological polar surface area (TPSA) is 63.3 Å². The van der Waals surface area contributed by atoms with Crippen molar-refractivity contribution < 1.29 is 14.3 Å². The van der Waals surface area contributed by atoms with E-state index in [1.165, 1.54) is 12.1 Å². The van der Waals surface area contributed by atoms with E-state index in [0.717, 1.165) is 0 Å². The van der Waals surface area contributed by atoms with Crippen LogP contribution < -0.4 is 0 Å². The molecule has 0 saturated carbocycles. The highest BCUT2D eigenvalue weighted by molar-refractivity contribution is 6.29. The lowest BCUT2D eigenvalue weighted by atomic mass is 10.3. The smallest absolute Gasteiger partial charge is 0.265 e. The molecule has 0 aliphatic carbocycles. The summed E-state index contributed by atoms with van der Waals surface area (Å²) < 4.78 is 5.12. The molecule has 0 aliphatic heterocycles. The predicted octanol–water partition coefficient (Wildman–Crippen LogP) is 1.95.